The number of rotatable bonds is 5. The van der Waals surface area contributed by atoms with Crippen LogP contribution in [-0.2, 0) is 11.3 Å². The molecule has 0 spiro atoms. The molecule has 0 radical (unpaired) electrons. The molecule has 2 aromatic carbocycles. The van der Waals surface area contributed by atoms with Crippen LogP contribution >= 0.6 is 15.9 Å². The van der Waals surface area contributed by atoms with Crippen LogP contribution in [0.5, 0.6) is 0 Å². The largest absolute Gasteiger partial charge is 0.369 e. The van der Waals surface area contributed by atoms with Gasteiger partial charge in [0.1, 0.15) is 12.4 Å². The van der Waals surface area contributed by atoms with Crippen molar-refractivity contribution in [2.24, 2.45) is 0 Å². The normalized spacial score (nSPS) is 10.4. The van der Waals surface area contributed by atoms with Crippen molar-refractivity contribution >= 4 is 21.7 Å². The van der Waals surface area contributed by atoms with E-state index in [1.807, 2.05) is 24.3 Å². The molecule has 0 heterocycles. The number of halogens is 2. The van der Waals surface area contributed by atoms with Gasteiger partial charge in [0.05, 0.1) is 12.2 Å². The van der Waals surface area contributed by atoms with Gasteiger partial charge in [0.15, 0.2) is 5.78 Å². The van der Waals surface area contributed by atoms with Crippen molar-refractivity contribution in [2.45, 2.75) is 6.61 Å². The second-order valence-electron chi connectivity index (χ2n) is 4.03. The van der Waals surface area contributed by atoms with Crippen LogP contribution in [0.3, 0.4) is 0 Å². The first-order chi connectivity index (χ1) is 9.16. The van der Waals surface area contributed by atoms with E-state index in [2.05, 4.69) is 15.9 Å². The molecule has 0 atom stereocenters. The zero-order valence-electron chi connectivity index (χ0n) is 10.1. The molecule has 0 bridgehead atoms. The van der Waals surface area contributed by atoms with E-state index in [4.69, 9.17) is 4.74 Å². The average Bonchev–Trinajstić information content (AvgIpc) is 2.39. The Hall–Kier alpha value is -1.52. The van der Waals surface area contributed by atoms with Crippen molar-refractivity contribution in [2.75, 3.05) is 6.61 Å². The van der Waals surface area contributed by atoms with Gasteiger partial charge < -0.3 is 4.74 Å². The molecule has 0 fully saturated rings. The van der Waals surface area contributed by atoms with Crippen molar-refractivity contribution < 1.29 is 13.9 Å². The first kappa shape index (κ1) is 13.9. The summed E-state index contributed by atoms with van der Waals surface area (Å²) in [5, 5.41) is 0. The summed E-state index contributed by atoms with van der Waals surface area (Å²) in [4.78, 5) is 11.7. The highest BCUT2D eigenvalue weighted by Crippen LogP contribution is 2.13. The van der Waals surface area contributed by atoms with Crippen molar-refractivity contribution in [3.8, 4) is 0 Å². The maximum atomic E-state index is 13.4. The topological polar surface area (TPSA) is 26.3 Å². The van der Waals surface area contributed by atoms with Crippen molar-refractivity contribution in [3.05, 3.63) is 69.9 Å². The number of ketones is 1. The molecule has 0 unspecified atom stereocenters. The molecule has 19 heavy (non-hydrogen) atoms. The molecule has 0 aliphatic heterocycles. The van der Waals surface area contributed by atoms with Gasteiger partial charge in [0.2, 0.25) is 0 Å². The Morgan fingerprint density at radius 1 is 1.16 bits per heavy atom. The van der Waals surface area contributed by atoms with E-state index in [0.717, 1.165) is 10.0 Å². The Morgan fingerprint density at radius 3 is 2.68 bits per heavy atom. The summed E-state index contributed by atoms with van der Waals surface area (Å²) < 4.78 is 19.6. The second-order valence-corrected chi connectivity index (χ2v) is 4.94. The molecule has 0 aromatic heterocycles. The van der Waals surface area contributed by atoms with Gasteiger partial charge in [-0.2, -0.15) is 0 Å². The lowest BCUT2D eigenvalue weighted by Gasteiger charge is -2.05. The molecule has 0 N–H and O–H groups in total. The van der Waals surface area contributed by atoms with Crippen LogP contribution in [0.4, 0.5) is 4.39 Å². The number of Topliss-reactive ketones (excluding diaryl/α,β-unsaturated/α-hetero) is 1. The lowest BCUT2D eigenvalue weighted by molar-refractivity contribution is 0.0722. The standard InChI is InChI=1S/C15H12BrFO2/c16-12-5-3-4-11(8-12)9-19-10-15(18)13-6-1-2-7-14(13)17/h1-8H,9-10H2. The Kier molecular flexibility index (Phi) is 4.82. The molecule has 98 valence electrons. The average molecular weight is 323 g/mol. The Labute approximate surface area is 119 Å². The fourth-order valence-corrected chi connectivity index (χ4v) is 2.10. The molecule has 2 nitrogen and oxygen atoms in total. The molecule has 0 saturated heterocycles. The van der Waals surface area contributed by atoms with Crippen LogP contribution in [0.2, 0.25) is 0 Å². The van der Waals surface area contributed by atoms with Gasteiger partial charge in [0.25, 0.3) is 0 Å². The van der Waals surface area contributed by atoms with Gasteiger partial charge in [-0.3, -0.25) is 4.79 Å². The third-order valence-corrected chi connectivity index (χ3v) is 3.06. The van der Waals surface area contributed by atoms with Gasteiger partial charge >= 0.3 is 0 Å². The fourth-order valence-electron chi connectivity index (χ4n) is 1.65. The molecule has 0 saturated carbocycles. The maximum absolute atomic E-state index is 13.4. The van der Waals surface area contributed by atoms with Crippen LogP contribution in [0.1, 0.15) is 15.9 Å². The first-order valence-electron chi connectivity index (χ1n) is 5.77. The lowest BCUT2D eigenvalue weighted by Crippen LogP contribution is -2.10. The first-order valence-corrected chi connectivity index (χ1v) is 6.56. The summed E-state index contributed by atoms with van der Waals surface area (Å²) in [6.45, 7) is 0.188. The summed E-state index contributed by atoms with van der Waals surface area (Å²) >= 11 is 3.36. The van der Waals surface area contributed by atoms with Crippen molar-refractivity contribution in [3.63, 3.8) is 0 Å². The number of ether oxygens (including phenoxy) is 1. The third kappa shape index (κ3) is 3.98. The van der Waals surface area contributed by atoms with Crippen molar-refractivity contribution in [1.82, 2.24) is 0 Å². The predicted molar refractivity (Wildman–Crippen MR) is 74.5 cm³/mol. The zero-order chi connectivity index (χ0) is 13.7. The molecular weight excluding hydrogens is 311 g/mol. The van der Waals surface area contributed by atoms with Gasteiger partial charge in [-0.1, -0.05) is 40.2 Å². The molecule has 0 aliphatic rings. The molecule has 4 heteroatoms. The highest BCUT2D eigenvalue weighted by Gasteiger charge is 2.10. The number of carbonyl (C=O) groups excluding carboxylic acids is 1. The van der Waals surface area contributed by atoms with Gasteiger partial charge in [-0.05, 0) is 29.8 Å². The summed E-state index contributed by atoms with van der Waals surface area (Å²) in [6.07, 6.45) is 0. The second kappa shape index (κ2) is 6.59. The molecule has 0 aliphatic carbocycles. The maximum Gasteiger partial charge on any atom is 0.191 e. The highest BCUT2D eigenvalue weighted by atomic mass is 79.9. The number of benzene rings is 2. The minimum Gasteiger partial charge on any atom is -0.369 e. The summed E-state index contributed by atoms with van der Waals surface area (Å²) in [5.41, 5.74) is 1.02. The van der Waals surface area contributed by atoms with E-state index in [-0.39, 0.29) is 18.0 Å². The van der Waals surface area contributed by atoms with Gasteiger partial charge in [-0.15, -0.1) is 0 Å². The van der Waals surface area contributed by atoms with Crippen LogP contribution in [0.15, 0.2) is 53.0 Å². The Morgan fingerprint density at radius 2 is 1.95 bits per heavy atom. The van der Waals surface area contributed by atoms with E-state index < -0.39 is 5.82 Å². The number of hydrogen-bond acceptors (Lipinski definition) is 2. The monoisotopic (exact) mass is 322 g/mol. The number of hydrogen-bond donors (Lipinski definition) is 0. The molecule has 2 rings (SSSR count). The van der Waals surface area contributed by atoms with E-state index >= 15 is 0 Å². The molecule has 0 amide bonds. The zero-order valence-corrected chi connectivity index (χ0v) is 11.7. The Bertz CT molecular complexity index is 584. The third-order valence-electron chi connectivity index (χ3n) is 2.57. The fraction of sp³-hybridized carbons (Fsp3) is 0.133. The predicted octanol–water partition coefficient (Wildman–Crippen LogP) is 3.99. The van der Waals surface area contributed by atoms with E-state index in [9.17, 15) is 9.18 Å². The van der Waals surface area contributed by atoms with Gasteiger partial charge in [0, 0.05) is 4.47 Å². The number of carbonyl (C=O) groups is 1. The van der Waals surface area contributed by atoms with Crippen molar-refractivity contribution in [1.29, 1.82) is 0 Å². The van der Waals surface area contributed by atoms with Crippen LogP contribution in [-0.4, -0.2) is 12.4 Å². The highest BCUT2D eigenvalue weighted by molar-refractivity contribution is 9.10. The van der Waals surface area contributed by atoms with E-state index in [1.165, 1.54) is 12.1 Å². The van der Waals surface area contributed by atoms with E-state index in [0.29, 0.717) is 6.61 Å². The summed E-state index contributed by atoms with van der Waals surface area (Å²) in [5.74, 6) is -0.869. The lowest BCUT2D eigenvalue weighted by atomic mass is 10.1. The van der Waals surface area contributed by atoms with Crippen LogP contribution in [0, 0.1) is 5.82 Å². The SMILES string of the molecule is O=C(COCc1cccc(Br)c1)c1ccccc1F. The van der Waals surface area contributed by atoms with Crippen LogP contribution in [0.25, 0.3) is 0 Å². The summed E-state index contributed by atoms with van der Waals surface area (Å²) in [6, 6.07) is 13.5. The van der Waals surface area contributed by atoms with Gasteiger partial charge in [-0.25, -0.2) is 4.39 Å². The smallest absolute Gasteiger partial charge is 0.191 e. The Balaban J connectivity index is 1.90. The minimum atomic E-state index is -0.515. The van der Waals surface area contributed by atoms with Crippen LogP contribution < -0.4 is 0 Å². The molecular formula is C15H12BrFO2. The van der Waals surface area contributed by atoms with E-state index in [1.54, 1.807) is 12.1 Å². The molecule has 2 aromatic rings. The summed E-state index contributed by atoms with van der Waals surface area (Å²) in [7, 11) is 0. The minimum absolute atomic E-state index is 0.0664. The quantitative estimate of drug-likeness (QED) is 0.778.